The fourth-order valence-electron chi connectivity index (χ4n) is 2.26. The third-order valence-corrected chi connectivity index (χ3v) is 4.21. The molecule has 0 radical (unpaired) electrons. The van der Waals surface area contributed by atoms with Crippen molar-refractivity contribution in [1.29, 1.82) is 0 Å². The average Bonchev–Trinajstić information content (AvgIpc) is 2.47. The summed E-state index contributed by atoms with van der Waals surface area (Å²) in [5, 5.41) is 5.73. The number of urea groups is 1. The number of carbonyl (C=O) groups is 2. The van der Waals surface area contributed by atoms with E-state index < -0.39 is 24.0 Å². The second kappa shape index (κ2) is 7.56. The Morgan fingerprint density at radius 1 is 1.45 bits per heavy atom. The van der Waals surface area contributed by atoms with E-state index in [4.69, 9.17) is 16.3 Å². The van der Waals surface area contributed by atoms with E-state index in [1.165, 1.54) is 0 Å². The SMILES string of the molecule is C=C1NC(=O)N[C@@H](c2ccccc2Cl)[C@@H]1C(=O)OCCSC. The summed E-state index contributed by atoms with van der Waals surface area (Å²) in [4.78, 5) is 24.1. The lowest BCUT2D eigenvalue weighted by Gasteiger charge is -2.33. The van der Waals surface area contributed by atoms with Crippen molar-refractivity contribution in [2.45, 2.75) is 6.04 Å². The Labute approximate surface area is 138 Å². The quantitative estimate of drug-likeness (QED) is 0.639. The molecule has 0 aliphatic carbocycles. The fourth-order valence-corrected chi connectivity index (χ4v) is 2.77. The summed E-state index contributed by atoms with van der Waals surface area (Å²) in [5.41, 5.74) is 0.967. The zero-order valence-electron chi connectivity index (χ0n) is 12.1. The van der Waals surface area contributed by atoms with Gasteiger partial charge in [0.15, 0.2) is 0 Å². The van der Waals surface area contributed by atoms with Gasteiger partial charge in [-0.2, -0.15) is 11.8 Å². The van der Waals surface area contributed by atoms with Crippen LogP contribution in [0.4, 0.5) is 4.79 Å². The van der Waals surface area contributed by atoms with Crippen molar-refractivity contribution in [2.24, 2.45) is 5.92 Å². The summed E-state index contributed by atoms with van der Waals surface area (Å²) in [6.45, 7) is 4.09. The van der Waals surface area contributed by atoms with Crippen molar-refractivity contribution >= 4 is 35.4 Å². The van der Waals surface area contributed by atoms with Gasteiger partial charge in [0.25, 0.3) is 0 Å². The molecule has 0 aromatic heterocycles. The van der Waals surface area contributed by atoms with Crippen molar-refractivity contribution in [3.05, 3.63) is 47.1 Å². The Morgan fingerprint density at radius 3 is 2.86 bits per heavy atom. The number of halogens is 1. The molecule has 0 spiro atoms. The molecule has 2 rings (SSSR count). The third kappa shape index (κ3) is 3.75. The minimum atomic E-state index is -0.723. The van der Waals surface area contributed by atoms with Crippen molar-refractivity contribution in [1.82, 2.24) is 10.6 Å². The van der Waals surface area contributed by atoms with E-state index in [2.05, 4.69) is 17.2 Å². The van der Waals surface area contributed by atoms with Crippen LogP contribution in [0.25, 0.3) is 0 Å². The summed E-state index contributed by atoms with van der Waals surface area (Å²) in [6.07, 6.45) is 1.93. The number of rotatable bonds is 5. The van der Waals surface area contributed by atoms with Gasteiger partial charge in [0.2, 0.25) is 0 Å². The Morgan fingerprint density at radius 2 is 2.18 bits per heavy atom. The predicted molar refractivity (Wildman–Crippen MR) is 87.8 cm³/mol. The van der Waals surface area contributed by atoms with Gasteiger partial charge in [0.1, 0.15) is 12.5 Å². The van der Waals surface area contributed by atoms with Crippen molar-refractivity contribution in [3.8, 4) is 0 Å². The van der Waals surface area contributed by atoms with Gasteiger partial charge in [-0.25, -0.2) is 4.79 Å². The number of esters is 1. The molecule has 2 atom stereocenters. The molecule has 1 fully saturated rings. The summed E-state index contributed by atoms with van der Waals surface area (Å²) in [6, 6.07) is 6.06. The van der Waals surface area contributed by atoms with Crippen LogP contribution in [0.1, 0.15) is 11.6 Å². The van der Waals surface area contributed by atoms with Gasteiger partial charge < -0.3 is 15.4 Å². The first-order valence-electron chi connectivity index (χ1n) is 6.71. The van der Waals surface area contributed by atoms with Crippen LogP contribution in [0.2, 0.25) is 5.02 Å². The van der Waals surface area contributed by atoms with E-state index in [1.54, 1.807) is 36.0 Å². The van der Waals surface area contributed by atoms with Gasteiger partial charge >= 0.3 is 12.0 Å². The van der Waals surface area contributed by atoms with Gasteiger partial charge in [-0.15, -0.1) is 0 Å². The Balaban J connectivity index is 2.26. The highest BCUT2D eigenvalue weighted by Gasteiger charge is 2.39. The zero-order valence-corrected chi connectivity index (χ0v) is 13.7. The van der Waals surface area contributed by atoms with Crippen LogP contribution in [0.5, 0.6) is 0 Å². The van der Waals surface area contributed by atoms with E-state index in [1.807, 2.05) is 6.26 Å². The normalized spacial score (nSPS) is 21.0. The summed E-state index contributed by atoms with van der Waals surface area (Å²) < 4.78 is 5.26. The Kier molecular flexibility index (Phi) is 5.74. The second-order valence-electron chi connectivity index (χ2n) is 4.76. The molecular formula is C15H17ClN2O3S. The summed E-state index contributed by atoms with van der Waals surface area (Å²) in [5.74, 6) is -0.447. The molecule has 2 amide bonds. The van der Waals surface area contributed by atoms with E-state index in [0.717, 1.165) is 0 Å². The van der Waals surface area contributed by atoms with Crippen LogP contribution in [0.3, 0.4) is 0 Å². The molecule has 22 heavy (non-hydrogen) atoms. The third-order valence-electron chi connectivity index (χ3n) is 3.30. The molecule has 7 heteroatoms. The predicted octanol–water partition coefficient (Wildman–Crippen LogP) is 2.73. The van der Waals surface area contributed by atoms with Crippen LogP contribution in [0.15, 0.2) is 36.5 Å². The monoisotopic (exact) mass is 340 g/mol. The minimum Gasteiger partial charge on any atom is -0.464 e. The number of benzene rings is 1. The number of ether oxygens (including phenoxy) is 1. The smallest absolute Gasteiger partial charge is 0.319 e. The number of thioether (sulfide) groups is 1. The second-order valence-corrected chi connectivity index (χ2v) is 6.15. The highest BCUT2D eigenvalue weighted by atomic mass is 35.5. The first-order chi connectivity index (χ1) is 10.5. The minimum absolute atomic E-state index is 0.308. The molecular weight excluding hydrogens is 324 g/mol. The van der Waals surface area contributed by atoms with E-state index in [0.29, 0.717) is 28.6 Å². The maximum absolute atomic E-state index is 12.4. The molecule has 0 bridgehead atoms. The molecule has 0 saturated carbocycles. The standard InChI is InChI=1S/C15H17ClN2O3S/c1-9-12(14(19)21-7-8-22-2)13(18-15(20)17-9)10-5-3-4-6-11(10)16/h3-6,12-13H,1,7-8H2,2H3,(H2,17,18,20)/t12-,13+/m1/s1. The zero-order chi connectivity index (χ0) is 16.1. The molecule has 118 valence electrons. The number of nitrogens with one attached hydrogen (secondary N) is 2. The Hall–Kier alpha value is -1.66. The molecule has 1 aromatic carbocycles. The molecule has 2 N–H and O–H groups in total. The van der Waals surface area contributed by atoms with Crippen LogP contribution >= 0.6 is 23.4 Å². The van der Waals surface area contributed by atoms with Crippen molar-refractivity contribution in [2.75, 3.05) is 18.6 Å². The number of carbonyl (C=O) groups excluding carboxylic acids is 2. The van der Waals surface area contributed by atoms with Gasteiger partial charge in [-0.3, -0.25) is 4.79 Å². The first-order valence-corrected chi connectivity index (χ1v) is 8.48. The molecule has 1 saturated heterocycles. The number of hydrogen-bond donors (Lipinski definition) is 2. The molecule has 1 heterocycles. The highest BCUT2D eigenvalue weighted by molar-refractivity contribution is 7.98. The molecule has 0 unspecified atom stereocenters. The summed E-state index contributed by atoms with van der Waals surface area (Å²) in [7, 11) is 0. The van der Waals surface area contributed by atoms with Gasteiger partial charge in [0, 0.05) is 16.5 Å². The first kappa shape index (κ1) is 16.7. The lowest BCUT2D eigenvalue weighted by atomic mass is 9.89. The number of amides is 2. The van der Waals surface area contributed by atoms with Gasteiger partial charge in [-0.1, -0.05) is 36.4 Å². The molecule has 5 nitrogen and oxygen atoms in total. The molecule has 1 aliphatic rings. The Bertz CT molecular complexity index is 594. The van der Waals surface area contributed by atoms with Crippen LogP contribution in [-0.4, -0.2) is 30.6 Å². The van der Waals surface area contributed by atoms with Gasteiger partial charge in [0.05, 0.1) is 6.04 Å². The molecule has 1 aromatic rings. The highest BCUT2D eigenvalue weighted by Crippen LogP contribution is 2.34. The topological polar surface area (TPSA) is 67.4 Å². The number of hydrogen-bond acceptors (Lipinski definition) is 4. The van der Waals surface area contributed by atoms with Crippen LogP contribution < -0.4 is 10.6 Å². The van der Waals surface area contributed by atoms with Crippen LogP contribution in [-0.2, 0) is 9.53 Å². The fraction of sp³-hybridized carbons (Fsp3) is 0.333. The average molecular weight is 341 g/mol. The van der Waals surface area contributed by atoms with Crippen molar-refractivity contribution in [3.63, 3.8) is 0 Å². The van der Waals surface area contributed by atoms with E-state index in [-0.39, 0.29) is 0 Å². The largest absolute Gasteiger partial charge is 0.464 e. The lowest BCUT2D eigenvalue weighted by molar-refractivity contribution is -0.147. The van der Waals surface area contributed by atoms with E-state index >= 15 is 0 Å². The van der Waals surface area contributed by atoms with Crippen LogP contribution in [0, 0.1) is 5.92 Å². The van der Waals surface area contributed by atoms with Crippen molar-refractivity contribution < 1.29 is 14.3 Å². The maximum atomic E-state index is 12.4. The lowest BCUT2D eigenvalue weighted by Crippen LogP contribution is -2.51. The molecule has 1 aliphatic heterocycles. The van der Waals surface area contributed by atoms with E-state index in [9.17, 15) is 9.59 Å². The maximum Gasteiger partial charge on any atom is 0.319 e. The van der Waals surface area contributed by atoms with Gasteiger partial charge in [-0.05, 0) is 17.9 Å². The summed E-state index contributed by atoms with van der Waals surface area (Å²) >= 11 is 7.78.